The molecule has 1 aliphatic heterocycles. The molecular formula is C16H26N6O. The van der Waals surface area contributed by atoms with Gasteiger partial charge in [0.1, 0.15) is 0 Å². The summed E-state index contributed by atoms with van der Waals surface area (Å²) in [6.45, 7) is 4.99. The van der Waals surface area contributed by atoms with Gasteiger partial charge in [0.2, 0.25) is 0 Å². The Hall–Kier alpha value is -1.89. The van der Waals surface area contributed by atoms with Crippen molar-refractivity contribution >= 4 is 11.5 Å². The van der Waals surface area contributed by atoms with Crippen LogP contribution in [-0.4, -0.2) is 39.3 Å². The molecule has 2 aromatic heterocycles. The quantitative estimate of drug-likeness (QED) is 0.757. The van der Waals surface area contributed by atoms with Crippen LogP contribution in [0.25, 0.3) is 5.65 Å². The number of imidazole rings is 1. The molecule has 0 spiro atoms. The highest BCUT2D eigenvalue weighted by Gasteiger charge is 2.16. The largest absolute Gasteiger partial charge is 0.462 e. The Balaban J connectivity index is 1.71. The summed E-state index contributed by atoms with van der Waals surface area (Å²) in [6, 6.07) is 0.338. The number of hydrogen-bond acceptors (Lipinski definition) is 6. The maximum Gasteiger partial charge on any atom is 0.336 e. The molecule has 7 heteroatoms. The van der Waals surface area contributed by atoms with Gasteiger partial charge in [-0.05, 0) is 51.1 Å². The number of rotatable bonds is 7. The molecule has 3 rings (SSSR count). The molecule has 7 nitrogen and oxygen atoms in total. The average molecular weight is 318 g/mol. The van der Waals surface area contributed by atoms with E-state index in [1.165, 1.54) is 12.8 Å². The molecule has 0 bridgehead atoms. The summed E-state index contributed by atoms with van der Waals surface area (Å²) in [7, 11) is 0. The molecular weight excluding hydrogens is 292 g/mol. The Morgan fingerprint density at radius 2 is 2.22 bits per heavy atom. The number of aryl methyl sites for hydroxylation is 1. The van der Waals surface area contributed by atoms with E-state index < -0.39 is 0 Å². The molecule has 3 heterocycles. The van der Waals surface area contributed by atoms with E-state index in [1.54, 1.807) is 4.52 Å². The number of nitrogens with two attached hydrogens (primary N) is 1. The van der Waals surface area contributed by atoms with E-state index >= 15 is 0 Å². The predicted molar refractivity (Wildman–Crippen MR) is 89.5 cm³/mol. The third kappa shape index (κ3) is 3.90. The molecule has 0 saturated carbocycles. The van der Waals surface area contributed by atoms with Crippen molar-refractivity contribution in [3.63, 3.8) is 0 Å². The first-order valence-corrected chi connectivity index (χ1v) is 8.61. The van der Waals surface area contributed by atoms with Crippen LogP contribution in [0.4, 0.5) is 5.82 Å². The molecule has 0 atom stereocenters. The molecule has 23 heavy (non-hydrogen) atoms. The van der Waals surface area contributed by atoms with E-state index in [0.29, 0.717) is 24.1 Å². The molecule has 1 saturated heterocycles. The van der Waals surface area contributed by atoms with E-state index in [-0.39, 0.29) is 0 Å². The zero-order valence-electron chi connectivity index (χ0n) is 13.8. The van der Waals surface area contributed by atoms with Gasteiger partial charge >= 0.3 is 6.01 Å². The normalized spacial score (nSPS) is 16.0. The van der Waals surface area contributed by atoms with E-state index in [4.69, 9.17) is 10.5 Å². The lowest BCUT2D eigenvalue weighted by Crippen LogP contribution is -2.28. The van der Waals surface area contributed by atoms with E-state index in [1.807, 2.05) is 6.20 Å². The first-order valence-electron chi connectivity index (χ1n) is 8.61. The zero-order valence-corrected chi connectivity index (χ0v) is 13.8. The Bertz CT molecular complexity index is 635. The maximum atomic E-state index is 5.99. The number of piperidine rings is 1. The monoisotopic (exact) mass is 318 g/mol. The van der Waals surface area contributed by atoms with E-state index in [0.717, 1.165) is 50.4 Å². The molecule has 126 valence electrons. The van der Waals surface area contributed by atoms with Gasteiger partial charge in [0.25, 0.3) is 0 Å². The maximum absolute atomic E-state index is 5.99. The van der Waals surface area contributed by atoms with Gasteiger partial charge in [0.15, 0.2) is 11.5 Å². The summed E-state index contributed by atoms with van der Waals surface area (Å²) < 4.78 is 7.39. The fraction of sp³-hybridized carbons (Fsp3) is 0.688. The predicted octanol–water partition coefficient (Wildman–Crippen LogP) is 1.82. The Kier molecular flexibility index (Phi) is 5.27. The van der Waals surface area contributed by atoms with E-state index in [2.05, 4.69) is 27.3 Å². The van der Waals surface area contributed by atoms with Crippen LogP contribution in [0.15, 0.2) is 6.20 Å². The van der Waals surface area contributed by atoms with Gasteiger partial charge in [-0.1, -0.05) is 13.3 Å². The lowest BCUT2D eigenvalue weighted by molar-refractivity contribution is 0.280. The first-order chi connectivity index (χ1) is 11.3. The Morgan fingerprint density at radius 3 is 3.00 bits per heavy atom. The van der Waals surface area contributed by atoms with Crippen LogP contribution in [0.5, 0.6) is 6.01 Å². The highest BCUT2D eigenvalue weighted by molar-refractivity contribution is 5.59. The minimum absolute atomic E-state index is 0.338. The minimum atomic E-state index is 0.338. The number of unbranched alkanes of at least 4 members (excludes halogenated alkanes) is 1. The molecule has 1 aliphatic rings. The molecule has 0 radical (unpaired) electrons. The number of aromatic nitrogens is 4. The van der Waals surface area contributed by atoms with Crippen LogP contribution in [0.3, 0.4) is 0 Å². The second kappa shape index (κ2) is 7.59. The van der Waals surface area contributed by atoms with Crippen LogP contribution in [0.1, 0.15) is 44.7 Å². The van der Waals surface area contributed by atoms with Crippen LogP contribution in [-0.2, 0) is 6.42 Å². The summed E-state index contributed by atoms with van der Waals surface area (Å²) in [4.78, 5) is 8.55. The van der Waals surface area contributed by atoms with Gasteiger partial charge in [-0.2, -0.15) is 4.98 Å². The number of nitrogens with one attached hydrogen (secondary N) is 1. The smallest absolute Gasteiger partial charge is 0.336 e. The Morgan fingerprint density at radius 1 is 1.39 bits per heavy atom. The minimum Gasteiger partial charge on any atom is -0.462 e. The summed E-state index contributed by atoms with van der Waals surface area (Å²) in [5, 5.41) is 7.87. The SMILES string of the molecule is CCCCOc1nc(N)c2ncc(CCC3CCNCC3)n2n1. The topological polar surface area (TPSA) is 90.4 Å². The number of fused-ring (bicyclic) bond motifs is 1. The van der Waals surface area contributed by atoms with Crippen LogP contribution >= 0.6 is 0 Å². The van der Waals surface area contributed by atoms with Crippen LogP contribution < -0.4 is 15.8 Å². The van der Waals surface area contributed by atoms with E-state index in [9.17, 15) is 0 Å². The lowest BCUT2D eigenvalue weighted by atomic mass is 9.93. The van der Waals surface area contributed by atoms with Gasteiger partial charge in [0.05, 0.1) is 18.5 Å². The first kappa shape index (κ1) is 16.0. The summed E-state index contributed by atoms with van der Waals surface area (Å²) in [5.74, 6) is 1.15. The Labute approximate surface area is 136 Å². The fourth-order valence-corrected chi connectivity index (χ4v) is 2.99. The molecule has 0 amide bonds. The van der Waals surface area contributed by atoms with Gasteiger partial charge in [-0.25, -0.2) is 9.50 Å². The van der Waals surface area contributed by atoms with Crippen molar-refractivity contribution in [2.24, 2.45) is 5.92 Å². The lowest BCUT2D eigenvalue weighted by Gasteiger charge is -2.22. The van der Waals surface area contributed by atoms with Crippen molar-refractivity contribution < 1.29 is 4.74 Å². The molecule has 0 aromatic carbocycles. The summed E-state index contributed by atoms with van der Waals surface area (Å²) in [5.41, 5.74) is 7.69. The van der Waals surface area contributed by atoms with Gasteiger partial charge in [-0.15, -0.1) is 5.10 Å². The van der Waals surface area contributed by atoms with Crippen molar-refractivity contribution in [1.82, 2.24) is 24.9 Å². The van der Waals surface area contributed by atoms with Crippen molar-refractivity contribution in [3.8, 4) is 6.01 Å². The zero-order chi connectivity index (χ0) is 16.1. The molecule has 0 unspecified atom stereocenters. The van der Waals surface area contributed by atoms with Crippen molar-refractivity contribution in [3.05, 3.63) is 11.9 Å². The second-order valence-corrected chi connectivity index (χ2v) is 6.20. The molecule has 3 N–H and O–H groups in total. The number of nitrogens with zero attached hydrogens (tertiary/aromatic N) is 4. The third-order valence-corrected chi connectivity index (χ3v) is 4.44. The standard InChI is InChI=1S/C16H26N6O/c1-2-3-10-23-16-20-14(17)15-19-11-13(22(15)21-16)5-4-12-6-8-18-9-7-12/h11-12,18H,2-10H2,1H3,(H2,17,20,21). The average Bonchev–Trinajstić information content (AvgIpc) is 2.98. The number of anilines is 1. The van der Waals surface area contributed by atoms with Gasteiger partial charge < -0.3 is 15.8 Å². The van der Waals surface area contributed by atoms with Gasteiger partial charge in [0, 0.05) is 0 Å². The van der Waals surface area contributed by atoms with Crippen molar-refractivity contribution in [2.75, 3.05) is 25.4 Å². The number of ether oxygens (including phenoxy) is 1. The highest BCUT2D eigenvalue weighted by atomic mass is 16.5. The van der Waals surface area contributed by atoms with Crippen molar-refractivity contribution in [1.29, 1.82) is 0 Å². The number of nitrogen functional groups attached to an aromatic ring is 1. The molecule has 2 aromatic rings. The molecule has 1 fully saturated rings. The number of hydrogen-bond donors (Lipinski definition) is 2. The fourth-order valence-electron chi connectivity index (χ4n) is 2.99. The highest BCUT2D eigenvalue weighted by Crippen LogP contribution is 2.20. The third-order valence-electron chi connectivity index (χ3n) is 4.44. The summed E-state index contributed by atoms with van der Waals surface area (Å²) >= 11 is 0. The van der Waals surface area contributed by atoms with Crippen molar-refractivity contribution in [2.45, 2.75) is 45.4 Å². The molecule has 0 aliphatic carbocycles. The second-order valence-electron chi connectivity index (χ2n) is 6.20. The van der Waals surface area contributed by atoms with Crippen LogP contribution in [0.2, 0.25) is 0 Å². The summed E-state index contributed by atoms with van der Waals surface area (Å²) in [6.07, 6.45) is 8.52. The van der Waals surface area contributed by atoms with Gasteiger partial charge in [-0.3, -0.25) is 0 Å². The van der Waals surface area contributed by atoms with Crippen LogP contribution in [0, 0.1) is 5.92 Å².